The number of aromatic nitrogens is 3. The van der Waals surface area contributed by atoms with E-state index in [0.29, 0.717) is 34.1 Å². The zero-order chi connectivity index (χ0) is 30.7. The second-order valence-electron chi connectivity index (χ2n) is 10.2. The van der Waals surface area contributed by atoms with Crippen LogP contribution in [0.5, 0.6) is 0 Å². The van der Waals surface area contributed by atoms with Crippen molar-refractivity contribution in [3.8, 4) is 16.9 Å². The summed E-state index contributed by atoms with van der Waals surface area (Å²) in [5.41, 5.74) is 1.63. The summed E-state index contributed by atoms with van der Waals surface area (Å²) in [5.74, 6) is 0. The zero-order valence-corrected chi connectivity index (χ0v) is 23.4. The van der Waals surface area contributed by atoms with Crippen molar-refractivity contribution in [1.29, 1.82) is 0 Å². The van der Waals surface area contributed by atoms with Crippen molar-refractivity contribution in [2.45, 2.75) is 31.0 Å². The number of hydrogen-bond acceptors (Lipinski definition) is 5. The van der Waals surface area contributed by atoms with Gasteiger partial charge in [0.2, 0.25) is 0 Å². The predicted molar refractivity (Wildman–Crippen MR) is 152 cm³/mol. The van der Waals surface area contributed by atoms with Crippen molar-refractivity contribution in [2.24, 2.45) is 0 Å². The minimum absolute atomic E-state index is 0.00566. The molecule has 9 nitrogen and oxygen atoms in total. The first-order valence-corrected chi connectivity index (χ1v) is 14.5. The molecule has 0 radical (unpaired) electrons. The standard InChI is InChI=1S/C30H23F3N4O5S/c1-18-2-6-22(7-3-18)43(41,42)37-26-11-12-35(29(39)40)17-24(26)23-8-5-21(15-27(23)37)36-13-10-19(14-28(36)38)25-9-4-20(16-34-25)30(31,32)33/h2-10,13-16H,11-12,17H2,1H3,(H,39,40). The summed E-state index contributed by atoms with van der Waals surface area (Å²) in [6, 6.07) is 16.1. The first-order valence-electron chi connectivity index (χ1n) is 13.1. The first-order chi connectivity index (χ1) is 20.3. The van der Waals surface area contributed by atoms with E-state index in [9.17, 15) is 36.3 Å². The van der Waals surface area contributed by atoms with Crippen LogP contribution >= 0.6 is 0 Å². The Hall–Kier alpha value is -4.91. The third-order valence-corrected chi connectivity index (χ3v) is 9.27. The molecule has 0 bridgehead atoms. The van der Waals surface area contributed by atoms with Crippen LogP contribution in [0.15, 0.2) is 88.8 Å². The molecule has 13 heteroatoms. The number of nitrogens with zero attached hydrogens (tertiary/aromatic N) is 4. The number of pyridine rings is 2. The number of alkyl halides is 3. The van der Waals surface area contributed by atoms with Crippen LogP contribution in [0.3, 0.4) is 0 Å². The van der Waals surface area contributed by atoms with Gasteiger partial charge in [-0.3, -0.25) is 14.3 Å². The van der Waals surface area contributed by atoms with Crippen LogP contribution in [-0.2, 0) is 29.2 Å². The van der Waals surface area contributed by atoms with Gasteiger partial charge in [0.1, 0.15) is 0 Å². The van der Waals surface area contributed by atoms with Crippen molar-refractivity contribution in [1.82, 2.24) is 18.4 Å². The summed E-state index contributed by atoms with van der Waals surface area (Å²) in [6.45, 7) is 1.96. The Morgan fingerprint density at radius 1 is 1.00 bits per heavy atom. The van der Waals surface area contributed by atoms with E-state index >= 15 is 0 Å². The topological polar surface area (TPSA) is 115 Å². The summed E-state index contributed by atoms with van der Waals surface area (Å²) in [7, 11) is -4.11. The molecule has 0 fully saturated rings. The van der Waals surface area contributed by atoms with Gasteiger partial charge in [-0.2, -0.15) is 13.2 Å². The van der Waals surface area contributed by atoms with Crippen molar-refractivity contribution in [2.75, 3.05) is 6.54 Å². The number of fused-ring (bicyclic) bond motifs is 3. The molecule has 0 spiro atoms. The fourth-order valence-electron chi connectivity index (χ4n) is 5.29. The molecule has 0 aliphatic carbocycles. The maximum atomic E-state index is 14.0. The lowest BCUT2D eigenvalue weighted by molar-refractivity contribution is -0.137. The van der Waals surface area contributed by atoms with Crippen LogP contribution < -0.4 is 5.56 Å². The number of amides is 1. The number of hydrogen-bond donors (Lipinski definition) is 1. The molecule has 1 aliphatic rings. The largest absolute Gasteiger partial charge is 0.465 e. The van der Waals surface area contributed by atoms with Crippen LogP contribution in [-0.4, -0.2) is 44.6 Å². The quantitative estimate of drug-likeness (QED) is 0.290. The zero-order valence-electron chi connectivity index (χ0n) is 22.5. The van der Waals surface area contributed by atoms with E-state index in [1.807, 2.05) is 6.92 Å². The summed E-state index contributed by atoms with van der Waals surface area (Å²) >= 11 is 0. The van der Waals surface area contributed by atoms with Gasteiger partial charge in [0.25, 0.3) is 15.6 Å². The molecule has 3 aromatic heterocycles. The molecule has 5 aromatic rings. The normalized spacial score (nSPS) is 13.7. The highest BCUT2D eigenvalue weighted by Gasteiger charge is 2.32. The Bertz CT molecular complexity index is 2070. The van der Waals surface area contributed by atoms with Gasteiger partial charge in [0.05, 0.1) is 33.9 Å². The Morgan fingerprint density at radius 3 is 2.37 bits per heavy atom. The van der Waals surface area contributed by atoms with E-state index in [4.69, 9.17) is 0 Å². The minimum atomic E-state index is -4.54. The molecule has 220 valence electrons. The highest BCUT2D eigenvalue weighted by molar-refractivity contribution is 7.90. The average molecular weight is 609 g/mol. The summed E-state index contributed by atoms with van der Waals surface area (Å²) in [5, 5.41) is 10.1. The molecule has 1 aliphatic heterocycles. The number of benzene rings is 2. The van der Waals surface area contributed by atoms with Crippen molar-refractivity contribution in [3.05, 3.63) is 112 Å². The van der Waals surface area contributed by atoms with Crippen molar-refractivity contribution in [3.63, 3.8) is 0 Å². The van der Waals surface area contributed by atoms with E-state index in [1.54, 1.807) is 30.3 Å². The smallest absolute Gasteiger partial charge is 0.417 e. The number of carbonyl (C=O) groups is 1. The summed E-state index contributed by atoms with van der Waals surface area (Å²) in [4.78, 5) is 30.0. The maximum absolute atomic E-state index is 14.0. The molecule has 0 saturated carbocycles. The first kappa shape index (κ1) is 28.2. The number of aryl methyl sites for hydroxylation is 1. The van der Waals surface area contributed by atoms with Gasteiger partial charge in [-0.1, -0.05) is 23.8 Å². The molecular formula is C30H23F3N4O5S. The Labute approximate surface area is 243 Å². The van der Waals surface area contributed by atoms with Gasteiger partial charge >= 0.3 is 12.3 Å². The molecule has 43 heavy (non-hydrogen) atoms. The summed E-state index contributed by atoms with van der Waals surface area (Å²) < 4.78 is 69.3. The molecule has 0 saturated heterocycles. The Kier molecular flexibility index (Phi) is 6.64. The molecule has 6 rings (SSSR count). The third kappa shape index (κ3) is 4.95. The molecular weight excluding hydrogens is 585 g/mol. The van der Waals surface area contributed by atoms with Gasteiger partial charge in [-0.05, 0) is 49.4 Å². The second kappa shape index (κ2) is 10.1. The molecule has 2 aromatic carbocycles. The maximum Gasteiger partial charge on any atom is 0.417 e. The Morgan fingerprint density at radius 2 is 1.74 bits per heavy atom. The van der Waals surface area contributed by atoms with E-state index in [1.165, 1.54) is 50.0 Å². The molecule has 0 atom stereocenters. The van der Waals surface area contributed by atoms with Gasteiger partial charge in [0.15, 0.2) is 0 Å². The van der Waals surface area contributed by atoms with Crippen molar-refractivity contribution >= 4 is 27.0 Å². The monoisotopic (exact) mass is 608 g/mol. The second-order valence-corrected chi connectivity index (χ2v) is 12.0. The lowest BCUT2D eigenvalue weighted by Crippen LogP contribution is -2.35. The fourth-order valence-corrected chi connectivity index (χ4v) is 6.89. The number of halogens is 3. The van der Waals surface area contributed by atoms with Crippen LogP contribution in [0.4, 0.5) is 18.0 Å². The third-order valence-electron chi connectivity index (χ3n) is 7.50. The van der Waals surface area contributed by atoms with Crippen LogP contribution in [0, 0.1) is 6.92 Å². The number of rotatable bonds is 4. The molecule has 0 unspecified atom stereocenters. The molecule has 4 heterocycles. The Balaban J connectivity index is 1.48. The molecule has 1 N–H and O–H groups in total. The van der Waals surface area contributed by atoms with Crippen LogP contribution in [0.2, 0.25) is 0 Å². The van der Waals surface area contributed by atoms with Crippen LogP contribution in [0.1, 0.15) is 22.4 Å². The van der Waals surface area contributed by atoms with Gasteiger partial charge in [0, 0.05) is 53.6 Å². The SMILES string of the molecule is Cc1ccc(S(=O)(=O)n2c3c(c4ccc(-n5ccc(-c6ccc(C(F)(F)F)cn6)cc5=O)cc42)CN(C(=O)O)CC3)cc1. The fraction of sp³-hybridized carbons (Fsp3) is 0.167. The highest BCUT2D eigenvalue weighted by Crippen LogP contribution is 2.35. The summed E-state index contributed by atoms with van der Waals surface area (Å²) in [6.07, 6.45) is -3.34. The number of carboxylic acid groups (broad SMARTS) is 1. The van der Waals surface area contributed by atoms with E-state index in [0.717, 1.165) is 11.6 Å². The van der Waals surface area contributed by atoms with Gasteiger partial charge in [-0.15, -0.1) is 0 Å². The lowest BCUT2D eigenvalue weighted by Gasteiger charge is -2.25. The predicted octanol–water partition coefficient (Wildman–Crippen LogP) is 5.45. The van der Waals surface area contributed by atoms with E-state index < -0.39 is 33.4 Å². The van der Waals surface area contributed by atoms with Crippen molar-refractivity contribution < 1.29 is 31.5 Å². The average Bonchev–Trinajstić information content (AvgIpc) is 3.30. The van der Waals surface area contributed by atoms with E-state index in [2.05, 4.69) is 4.98 Å². The van der Waals surface area contributed by atoms with Gasteiger partial charge < -0.3 is 10.0 Å². The molecule has 1 amide bonds. The highest BCUT2D eigenvalue weighted by atomic mass is 32.2. The minimum Gasteiger partial charge on any atom is -0.465 e. The lowest BCUT2D eigenvalue weighted by atomic mass is 10.0. The van der Waals surface area contributed by atoms with Gasteiger partial charge in [-0.25, -0.2) is 17.2 Å². The van der Waals surface area contributed by atoms with E-state index in [-0.39, 0.29) is 35.6 Å². The van der Waals surface area contributed by atoms with Crippen LogP contribution in [0.25, 0.3) is 27.8 Å².